The highest BCUT2D eigenvalue weighted by Crippen LogP contribution is 2.55. The highest BCUT2D eigenvalue weighted by molar-refractivity contribution is 5.89. The Morgan fingerprint density at radius 1 is 0.552 bits per heavy atom. The van der Waals surface area contributed by atoms with Crippen molar-refractivity contribution in [2.24, 2.45) is 5.92 Å². The first-order valence-electron chi connectivity index (χ1n) is 20.9. The standard InChI is InChI=1S/C56H50N2/c1-55(2)51-23-15-14-22-47(51)49-34-31-46(37-53(49)55)58(43-20-12-7-13-21-43)44-29-26-39(27-30-44)24-25-40-28-33-48-50-35-32-45(38-54(50)56(3,4)52(48)36-40)57(41-16-8-5-9-17-41)42-18-10-6-11-19-42/h5-14,16-22,24-38,50,54H,15,23H2,1-4H3/b25-24+. The van der Waals surface area contributed by atoms with Crippen molar-refractivity contribution in [2.45, 2.75) is 57.3 Å². The molecular weight excluding hydrogens is 701 g/mol. The Balaban J connectivity index is 0.918. The molecule has 0 amide bonds. The molecule has 2 unspecified atom stereocenters. The van der Waals surface area contributed by atoms with Crippen molar-refractivity contribution in [3.05, 3.63) is 227 Å². The van der Waals surface area contributed by atoms with Gasteiger partial charge in [0.05, 0.1) is 0 Å². The predicted molar refractivity (Wildman–Crippen MR) is 246 cm³/mol. The van der Waals surface area contributed by atoms with Gasteiger partial charge in [0.15, 0.2) is 0 Å². The summed E-state index contributed by atoms with van der Waals surface area (Å²) in [6.07, 6.45) is 18.8. The van der Waals surface area contributed by atoms with Crippen LogP contribution in [0.25, 0.3) is 17.7 Å². The summed E-state index contributed by atoms with van der Waals surface area (Å²) in [5.41, 5.74) is 18.2. The molecule has 0 radical (unpaired) electrons. The summed E-state index contributed by atoms with van der Waals surface area (Å²) in [6, 6.07) is 55.4. The van der Waals surface area contributed by atoms with Crippen LogP contribution >= 0.6 is 0 Å². The summed E-state index contributed by atoms with van der Waals surface area (Å²) in [7, 11) is 0. The molecule has 2 nitrogen and oxygen atoms in total. The number of hydrogen-bond acceptors (Lipinski definition) is 2. The van der Waals surface area contributed by atoms with Gasteiger partial charge in [0.1, 0.15) is 0 Å². The molecule has 284 valence electrons. The summed E-state index contributed by atoms with van der Waals surface area (Å²) < 4.78 is 0. The average Bonchev–Trinajstić information content (AvgIpc) is 3.63. The van der Waals surface area contributed by atoms with Gasteiger partial charge in [-0.1, -0.05) is 161 Å². The minimum absolute atomic E-state index is 0.0233. The quantitative estimate of drug-likeness (QED) is 0.143. The van der Waals surface area contributed by atoms with E-state index in [2.05, 4.69) is 232 Å². The second-order valence-electron chi connectivity index (χ2n) is 17.4. The van der Waals surface area contributed by atoms with Crippen LogP contribution in [-0.4, -0.2) is 0 Å². The largest absolute Gasteiger partial charge is 0.311 e. The molecule has 58 heavy (non-hydrogen) atoms. The van der Waals surface area contributed by atoms with Gasteiger partial charge in [-0.2, -0.15) is 0 Å². The fourth-order valence-electron chi connectivity index (χ4n) is 10.2. The van der Waals surface area contributed by atoms with Crippen LogP contribution in [-0.2, 0) is 10.8 Å². The van der Waals surface area contributed by atoms with E-state index >= 15 is 0 Å². The molecule has 2 atom stereocenters. The molecule has 10 rings (SSSR count). The van der Waals surface area contributed by atoms with E-state index in [1.807, 2.05) is 0 Å². The predicted octanol–water partition coefficient (Wildman–Crippen LogP) is 15.0. The van der Waals surface area contributed by atoms with Crippen LogP contribution in [0.5, 0.6) is 0 Å². The maximum absolute atomic E-state index is 2.52. The Labute approximate surface area is 344 Å². The van der Waals surface area contributed by atoms with Gasteiger partial charge in [-0.25, -0.2) is 0 Å². The van der Waals surface area contributed by atoms with Crippen molar-refractivity contribution in [3.63, 3.8) is 0 Å². The van der Waals surface area contributed by atoms with Crippen molar-refractivity contribution >= 4 is 46.2 Å². The van der Waals surface area contributed by atoms with Crippen molar-refractivity contribution in [3.8, 4) is 0 Å². The minimum atomic E-state index is -0.0275. The van der Waals surface area contributed by atoms with Crippen LogP contribution in [0.2, 0.25) is 0 Å². The first-order valence-corrected chi connectivity index (χ1v) is 20.9. The van der Waals surface area contributed by atoms with Gasteiger partial charge < -0.3 is 9.80 Å². The molecule has 0 aliphatic heterocycles. The third kappa shape index (κ3) is 6.10. The number of nitrogens with zero attached hydrogens (tertiary/aromatic N) is 2. The van der Waals surface area contributed by atoms with Gasteiger partial charge >= 0.3 is 0 Å². The van der Waals surface area contributed by atoms with E-state index in [0.717, 1.165) is 24.2 Å². The number of anilines is 5. The summed E-state index contributed by atoms with van der Waals surface area (Å²) in [6.45, 7) is 9.65. The van der Waals surface area contributed by atoms with E-state index in [-0.39, 0.29) is 10.8 Å². The van der Waals surface area contributed by atoms with Crippen LogP contribution in [0, 0.1) is 5.92 Å². The molecule has 6 aromatic rings. The fourth-order valence-corrected chi connectivity index (χ4v) is 10.2. The monoisotopic (exact) mass is 750 g/mol. The number of rotatable bonds is 8. The van der Waals surface area contributed by atoms with Crippen molar-refractivity contribution < 1.29 is 0 Å². The fraction of sp³-hybridized carbons (Fsp3) is 0.179. The zero-order chi connectivity index (χ0) is 39.4. The first kappa shape index (κ1) is 36.0. The average molecular weight is 751 g/mol. The zero-order valence-electron chi connectivity index (χ0n) is 33.9. The van der Waals surface area contributed by atoms with Crippen LogP contribution in [0.3, 0.4) is 0 Å². The van der Waals surface area contributed by atoms with Crippen molar-refractivity contribution in [1.82, 2.24) is 0 Å². The van der Waals surface area contributed by atoms with E-state index in [0.29, 0.717) is 11.8 Å². The maximum atomic E-state index is 2.52. The molecule has 0 bridgehead atoms. The summed E-state index contributed by atoms with van der Waals surface area (Å²) in [5, 5.41) is 0. The lowest BCUT2D eigenvalue weighted by atomic mass is 9.74. The Hall–Kier alpha value is -6.38. The summed E-state index contributed by atoms with van der Waals surface area (Å²) in [5.74, 6) is 0.711. The zero-order valence-corrected chi connectivity index (χ0v) is 33.9. The van der Waals surface area contributed by atoms with E-state index in [4.69, 9.17) is 0 Å². The molecule has 0 saturated heterocycles. The molecule has 0 aromatic heterocycles. The molecular formula is C56H50N2. The molecule has 0 N–H and O–H groups in total. The minimum Gasteiger partial charge on any atom is -0.311 e. The van der Waals surface area contributed by atoms with E-state index in [1.54, 1.807) is 5.57 Å². The van der Waals surface area contributed by atoms with Crippen molar-refractivity contribution in [2.75, 3.05) is 9.80 Å². The number of fused-ring (bicyclic) bond motifs is 5. The number of para-hydroxylation sites is 3. The van der Waals surface area contributed by atoms with Gasteiger partial charge in [0, 0.05) is 45.5 Å². The smallest absolute Gasteiger partial charge is 0.0465 e. The van der Waals surface area contributed by atoms with E-state index in [9.17, 15) is 0 Å². The lowest BCUT2D eigenvalue weighted by Crippen LogP contribution is -2.28. The van der Waals surface area contributed by atoms with Crippen LogP contribution in [0.15, 0.2) is 193 Å². The molecule has 0 heterocycles. The Morgan fingerprint density at radius 2 is 1.14 bits per heavy atom. The second-order valence-corrected chi connectivity index (χ2v) is 17.4. The highest BCUT2D eigenvalue weighted by Gasteiger charge is 2.45. The van der Waals surface area contributed by atoms with Gasteiger partial charge in [0.25, 0.3) is 0 Å². The van der Waals surface area contributed by atoms with Crippen LogP contribution < -0.4 is 9.80 Å². The lowest BCUT2D eigenvalue weighted by Gasteiger charge is -2.34. The topological polar surface area (TPSA) is 6.48 Å². The van der Waals surface area contributed by atoms with Gasteiger partial charge in [-0.15, -0.1) is 0 Å². The molecule has 2 heteroatoms. The highest BCUT2D eigenvalue weighted by atomic mass is 15.2. The third-order valence-corrected chi connectivity index (χ3v) is 13.2. The summed E-state index contributed by atoms with van der Waals surface area (Å²) in [4.78, 5) is 4.78. The van der Waals surface area contributed by atoms with Crippen LogP contribution in [0.1, 0.15) is 79.8 Å². The van der Waals surface area contributed by atoms with Gasteiger partial charge in [0.2, 0.25) is 0 Å². The van der Waals surface area contributed by atoms with Gasteiger partial charge in [-0.05, 0) is 130 Å². The Bertz CT molecular complexity index is 2620. The van der Waals surface area contributed by atoms with E-state index in [1.165, 1.54) is 61.7 Å². The second kappa shape index (κ2) is 14.2. The summed E-state index contributed by atoms with van der Waals surface area (Å²) >= 11 is 0. The van der Waals surface area contributed by atoms with Crippen molar-refractivity contribution in [1.29, 1.82) is 0 Å². The lowest BCUT2D eigenvalue weighted by molar-refractivity contribution is 0.392. The Kier molecular flexibility index (Phi) is 8.82. The number of hydrogen-bond donors (Lipinski definition) is 0. The molecule has 0 fully saturated rings. The number of benzene rings is 6. The molecule has 0 saturated carbocycles. The molecule has 6 aromatic carbocycles. The molecule has 4 aliphatic rings. The van der Waals surface area contributed by atoms with E-state index < -0.39 is 0 Å². The SMILES string of the molecule is CC1(C)C2=C(C=CCC2)c2ccc(N(c3ccccc3)c3ccc(/C=C/c4ccc5c(c4)C(C)(C)C4C=C(N(c6ccccc6)c6ccccc6)C=CC54)cc3)cc21. The molecule has 0 spiro atoms. The number of allylic oxidation sites excluding steroid dienone is 7. The third-order valence-electron chi connectivity index (χ3n) is 13.2. The Morgan fingerprint density at radius 3 is 1.81 bits per heavy atom. The van der Waals surface area contributed by atoms with Gasteiger partial charge in [-0.3, -0.25) is 0 Å². The van der Waals surface area contributed by atoms with Crippen LogP contribution in [0.4, 0.5) is 28.4 Å². The first-order chi connectivity index (χ1) is 28.3. The maximum Gasteiger partial charge on any atom is 0.0465 e. The normalized spacial score (nSPS) is 19.3. The molecule has 4 aliphatic carbocycles.